The molecule has 0 aromatic heterocycles. The quantitative estimate of drug-likeness (QED) is 0.648. The van der Waals surface area contributed by atoms with Gasteiger partial charge in [0.2, 0.25) is 21.8 Å². The first-order valence-electron chi connectivity index (χ1n) is 10.2. The summed E-state index contributed by atoms with van der Waals surface area (Å²) in [4.78, 5) is 25.0. The van der Waals surface area contributed by atoms with Gasteiger partial charge in [-0.2, -0.15) is 4.31 Å². The summed E-state index contributed by atoms with van der Waals surface area (Å²) in [5, 5.41) is 5.51. The summed E-state index contributed by atoms with van der Waals surface area (Å²) in [6, 6.07) is 15.3. The number of anilines is 1. The fourth-order valence-corrected chi connectivity index (χ4v) is 5.07. The maximum Gasteiger partial charge on any atom is 0.243 e. The van der Waals surface area contributed by atoms with Gasteiger partial charge in [-0.15, -0.1) is 0 Å². The number of ether oxygens (including phenoxy) is 1. The molecule has 0 saturated carbocycles. The summed E-state index contributed by atoms with van der Waals surface area (Å²) >= 11 is 0. The molecule has 0 aliphatic carbocycles. The summed E-state index contributed by atoms with van der Waals surface area (Å²) in [6.45, 7) is 0.695. The van der Waals surface area contributed by atoms with E-state index in [1.54, 1.807) is 54.6 Å². The van der Waals surface area contributed by atoms with E-state index in [0.717, 1.165) is 0 Å². The number of rotatable bonds is 8. The van der Waals surface area contributed by atoms with Crippen LogP contribution in [0.5, 0.6) is 5.75 Å². The zero-order chi connectivity index (χ0) is 22.3. The Morgan fingerprint density at radius 1 is 1.10 bits per heavy atom. The van der Waals surface area contributed by atoms with E-state index in [2.05, 4.69) is 10.6 Å². The van der Waals surface area contributed by atoms with E-state index in [-0.39, 0.29) is 36.2 Å². The van der Waals surface area contributed by atoms with Crippen LogP contribution in [0.2, 0.25) is 0 Å². The molecule has 31 heavy (non-hydrogen) atoms. The van der Waals surface area contributed by atoms with Crippen molar-refractivity contribution in [1.82, 2.24) is 9.62 Å². The Bertz CT molecular complexity index is 1010. The molecule has 1 fully saturated rings. The maximum absolute atomic E-state index is 12.8. The Hall–Kier alpha value is -2.91. The van der Waals surface area contributed by atoms with E-state index in [4.69, 9.17) is 4.74 Å². The van der Waals surface area contributed by atoms with Crippen molar-refractivity contribution in [3.8, 4) is 5.75 Å². The molecular formula is C22H27N3O5S. The number of nitrogens with one attached hydrogen (secondary N) is 2. The predicted molar refractivity (Wildman–Crippen MR) is 117 cm³/mol. The van der Waals surface area contributed by atoms with Gasteiger partial charge in [0.05, 0.1) is 23.6 Å². The Kier molecular flexibility index (Phi) is 7.64. The average molecular weight is 446 g/mol. The standard InChI is InChI=1S/C22H27N3O5S/c1-30-20-12-6-5-11-19(20)24-21(26)13-14-23-22(27)17-8-7-15-25(16-17)31(28,29)18-9-3-2-4-10-18/h2-6,9-12,17H,7-8,13-16H2,1H3,(H,23,27)(H,24,26). The van der Waals surface area contributed by atoms with Gasteiger partial charge in [-0.3, -0.25) is 9.59 Å². The number of carbonyl (C=O) groups excluding carboxylic acids is 2. The van der Waals surface area contributed by atoms with Crippen molar-refractivity contribution in [2.24, 2.45) is 5.92 Å². The lowest BCUT2D eigenvalue weighted by Gasteiger charge is -2.31. The molecule has 166 valence electrons. The first kappa shape index (κ1) is 22.8. The fourth-order valence-electron chi connectivity index (χ4n) is 3.52. The van der Waals surface area contributed by atoms with Gasteiger partial charge in [0, 0.05) is 26.1 Å². The lowest BCUT2D eigenvalue weighted by atomic mass is 9.99. The minimum absolute atomic E-state index is 0.0997. The monoisotopic (exact) mass is 445 g/mol. The number of amides is 2. The highest BCUT2D eigenvalue weighted by molar-refractivity contribution is 7.89. The number of piperidine rings is 1. The van der Waals surface area contributed by atoms with Crippen molar-refractivity contribution in [3.63, 3.8) is 0 Å². The van der Waals surface area contributed by atoms with Crippen LogP contribution in [0.3, 0.4) is 0 Å². The van der Waals surface area contributed by atoms with Gasteiger partial charge in [0.25, 0.3) is 0 Å². The molecule has 3 rings (SSSR count). The zero-order valence-electron chi connectivity index (χ0n) is 17.4. The molecule has 1 atom stereocenters. The van der Waals surface area contributed by atoms with E-state index < -0.39 is 15.9 Å². The molecule has 2 amide bonds. The summed E-state index contributed by atoms with van der Waals surface area (Å²) in [6.07, 6.45) is 1.32. The number of para-hydroxylation sites is 2. The van der Waals surface area contributed by atoms with E-state index in [1.165, 1.54) is 11.4 Å². The molecule has 1 saturated heterocycles. The van der Waals surface area contributed by atoms with Crippen molar-refractivity contribution in [2.75, 3.05) is 32.1 Å². The topological polar surface area (TPSA) is 105 Å². The molecule has 1 unspecified atom stereocenters. The number of methoxy groups -OCH3 is 1. The number of hydrogen-bond donors (Lipinski definition) is 2. The number of sulfonamides is 1. The summed E-state index contributed by atoms with van der Waals surface area (Å²) in [7, 11) is -2.10. The molecule has 2 aromatic carbocycles. The third-order valence-electron chi connectivity index (χ3n) is 5.17. The summed E-state index contributed by atoms with van der Waals surface area (Å²) < 4.78 is 32.2. The number of hydrogen-bond acceptors (Lipinski definition) is 5. The van der Waals surface area contributed by atoms with E-state index in [0.29, 0.717) is 30.8 Å². The second-order valence-corrected chi connectivity index (χ2v) is 9.24. The number of benzene rings is 2. The molecule has 0 radical (unpaired) electrons. The fraction of sp³-hybridized carbons (Fsp3) is 0.364. The number of carbonyl (C=O) groups is 2. The van der Waals surface area contributed by atoms with Gasteiger partial charge >= 0.3 is 0 Å². The second-order valence-electron chi connectivity index (χ2n) is 7.30. The zero-order valence-corrected chi connectivity index (χ0v) is 18.2. The highest BCUT2D eigenvalue weighted by Crippen LogP contribution is 2.24. The lowest BCUT2D eigenvalue weighted by Crippen LogP contribution is -2.45. The first-order valence-corrected chi connectivity index (χ1v) is 11.6. The average Bonchev–Trinajstić information content (AvgIpc) is 2.80. The highest BCUT2D eigenvalue weighted by atomic mass is 32.2. The van der Waals surface area contributed by atoms with Crippen LogP contribution in [0.1, 0.15) is 19.3 Å². The van der Waals surface area contributed by atoms with Gasteiger partial charge in [-0.1, -0.05) is 30.3 Å². The van der Waals surface area contributed by atoms with Crippen LogP contribution < -0.4 is 15.4 Å². The molecule has 1 aliphatic rings. The third kappa shape index (κ3) is 5.83. The first-order chi connectivity index (χ1) is 14.9. The van der Waals surface area contributed by atoms with Gasteiger partial charge in [-0.25, -0.2) is 8.42 Å². The van der Waals surface area contributed by atoms with Crippen LogP contribution in [-0.4, -0.2) is 51.3 Å². The van der Waals surface area contributed by atoms with Gasteiger partial charge in [0.15, 0.2) is 0 Å². The Morgan fingerprint density at radius 2 is 1.81 bits per heavy atom. The second kappa shape index (κ2) is 10.4. The van der Waals surface area contributed by atoms with Crippen LogP contribution in [0.15, 0.2) is 59.5 Å². The largest absolute Gasteiger partial charge is 0.495 e. The normalized spacial score (nSPS) is 17.0. The van der Waals surface area contributed by atoms with E-state index in [9.17, 15) is 18.0 Å². The van der Waals surface area contributed by atoms with Gasteiger partial charge in [0.1, 0.15) is 5.75 Å². The molecule has 8 nitrogen and oxygen atoms in total. The van der Waals surface area contributed by atoms with Crippen molar-refractivity contribution in [1.29, 1.82) is 0 Å². The van der Waals surface area contributed by atoms with Gasteiger partial charge in [-0.05, 0) is 37.1 Å². The van der Waals surface area contributed by atoms with Crippen LogP contribution in [0.4, 0.5) is 5.69 Å². The van der Waals surface area contributed by atoms with E-state index in [1.807, 2.05) is 0 Å². The molecule has 0 bridgehead atoms. The predicted octanol–water partition coefficient (Wildman–Crippen LogP) is 2.24. The third-order valence-corrected chi connectivity index (χ3v) is 7.05. The van der Waals surface area contributed by atoms with Crippen molar-refractivity contribution in [2.45, 2.75) is 24.2 Å². The minimum atomic E-state index is -3.63. The molecular weight excluding hydrogens is 418 g/mol. The highest BCUT2D eigenvalue weighted by Gasteiger charge is 2.33. The van der Waals surface area contributed by atoms with Crippen LogP contribution in [0.25, 0.3) is 0 Å². The smallest absolute Gasteiger partial charge is 0.243 e. The lowest BCUT2D eigenvalue weighted by molar-refractivity contribution is -0.126. The molecule has 9 heteroatoms. The Balaban J connectivity index is 1.50. The van der Waals surface area contributed by atoms with Crippen LogP contribution in [0, 0.1) is 5.92 Å². The van der Waals surface area contributed by atoms with Crippen molar-refractivity contribution < 1.29 is 22.7 Å². The van der Waals surface area contributed by atoms with Crippen molar-refractivity contribution in [3.05, 3.63) is 54.6 Å². The van der Waals surface area contributed by atoms with Crippen LogP contribution in [-0.2, 0) is 19.6 Å². The maximum atomic E-state index is 12.8. The summed E-state index contributed by atoms with van der Waals surface area (Å²) in [5.74, 6) is -0.369. The molecule has 2 aromatic rings. The molecule has 1 heterocycles. The minimum Gasteiger partial charge on any atom is -0.495 e. The SMILES string of the molecule is COc1ccccc1NC(=O)CCNC(=O)C1CCCN(S(=O)(=O)c2ccccc2)C1. The molecule has 2 N–H and O–H groups in total. The van der Waals surface area contributed by atoms with Gasteiger partial charge < -0.3 is 15.4 Å². The van der Waals surface area contributed by atoms with Crippen molar-refractivity contribution >= 4 is 27.5 Å². The van der Waals surface area contributed by atoms with E-state index >= 15 is 0 Å². The number of nitrogens with zero attached hydrogens (tertiary/aromatic N) is 1. The Morgan fingerprint density at radius 3 is 2.55 bits per heavy atom. The Labute approximate surface area is 182 Å². The molecule has 0 spiro atoms. The summed E-state index contributed by atoms with van der Waals surface area (Å²) in [5.41, 5.74) is 0.565. The molecule has 1 aliphatic heterocycles. The van der Waals surface area contributed by atoms with Crippen LogP contribution >= 0.6 is 0 Å².